The number of halogens is 12. The standard InChI is InChI=1S/C35H18F12O2/c1-2-3-4-5-19-8-11-25(30(40)12-19)34(43,44)48-22-17-28(38)24(29(39)18-22)10-6-20-13-26(36)23(27(37)14-20)9-7-21-15-31(41)33(32(42)16-21)49-35(45,46)47/h2-3,8,11-18H,4-5H2,1H3/b3-2+. The molecular formula is C35H18F12O2. The first-order valence-electron chi connectivity index (χ1n) is 13.7. The predicted molar refractivity (Wildman–Crippen MR) is 152 cm³/mol. The molecule has 0 aliphatic heterocycles. The van der Waals surface area contributed by atoms with Crippen molar-refractivity contribution in [2.75, 3.05) is 0 Å². The third-order valence-electron chi connectivity index (χ3n) is 6.37. The van der Waals surface area contributed by atoms with Crippen LogP contribution in [0.5, 0.6) is 11.5 Å². The number of rotatable bonds is 7. The summed E-state index contributed by atoms with van der Waals surface area (Å²) in [6.45, 7) is 1.78. The van der Waals surface area contributed by atoms with Crippen molar-refractivity contribution in [1.29, 1.82) is 0 Å². The van der Waals surface area contributed by atoms with Crippen LogP contribution in [-0.2, 0) is 12.5 Å². The molecule has 0 bridgehead atoms. The van der Waals surface area contributed by atoms with Crippen LogP contribution in [-0.4, -0.2) is 6.36 Å². The molecule has 2 nitrogen and oxygen atoms in total. The predicted octanol–water partition coefficient (Wildman–Crippen LogP) is 10.00. The number of hydrogen-bond acceptors (Lipinski definition) is 2. The topological polar surface area (TPSA) is 18.5 Å². The van der Waals surface area contributed by atoms with Crippen LogP contribution in [0.2, 0.25) is 0 Å². The van der Waals surface area contributed by atoms with Gasteiger partial charge < -0.3 is 9.47 Å². The van der Waals surface area contributed by atoms with E-state index in [-0.39, 0.29) is 0 Å². The second-order valence-corrected chi connectivity index (χ2v) is 9.93. The van der Waals surface area contributed by atoms with E-state index in [0.717, 1.165) is 12.1 Å². The lowest BCUT2D eigenvalue weighted by Gasteiger charge is -2.19. The van der Waals surface area contributed by atoms with Crippen LogP contribution < -0.4 is 9.47 Å². The Morgan fingerprint density at radius 1 is 0.592 bits per heavy atom. The fourth-order valence-corrected chi connectivity index (χ4v) is 4.18. The zero-order valence-electron chi connectivity index (χ0n) is 24.6. The van der Waals surface area contributed by atoms with Gasteiger partial charge in [0.1, 0.15) is 34.8 Å². The van der Waals surface area contributed by atoms with Crippen molar-refractivity contribution < 1.29 is 62.2 Å². The Balaban J connectivity index is 1.53. The maximum absolute atomic E-state index is 14.7. The molecule has 0 atom stereocenters. The molecule has 49 heavy (non-hydrogen) atoms. The lowest BCUT2D eigenvalue weighted by atomic mass is 10.1. The van der Waals surface area contributed by atoms with E-state index in [1.54, 1.807) is 19.1 Å². The summed E-state index contributed by atoms with van der Waals surface area (Å²) in [6, 6.07) is 5.44. The SMILES string of the molecule is C/C=C/CCc1ccc(C(F)(F)Oc2cc(F)c(C#Cc3cc(F)c(C#Cc4cc(F)c(OC(F)(F)F)c(F)c4)c(F)c3)c(F)c2)c(F)c1. The van der Waals surface area contributed by atoms with Gasteiger partial charge in [-0.05, 0) is 61.7 Å². The Morgan fingerprint density at radius 2 is 1.08 bits per heavy atom. The minimum atomic E-state index is -5.40. The van der Waals surface area contributed by atoms with Gasteiger partial charge in [0.15, 0.2) is 11.6 Å². The summed E-state index contributed by atoms with van der Waals surface area (Å²) in [6.07, 6.45) is -5.26. The van der Waals surface area contributed by atoms with Crippen LogP contribution in [0.3, 0.4) is 0 Å². The average Bonchev–Trinajstić information content (AvgIpc) is 2.97. The second-order valence-electron chi connectivity index (χ2n) is 9.93. The van der Waals surface area contributed by atoms with Crippen molar-refractivity contribution in [1.82, 2.24) is 0 Å². The molecule has 0 aromatic heterocycles. The van der Waals surface area contributed by atoms with Crippen LogP contribution in [0.1, 0.15) is 46.7 Å². The third kappa shape index (κ3) is 9.32. The van der Waals surface area contributed by atoms with Gasteiger partial charge in [-0.25, -0.2) is 30.7 Å². The first-order valence-corrected chi connectivity index (χ1v) is 13.7. The molecule has 0 heterocycles. The highest BCUT2D eigenvalue weighted by molar-refractivity contribution is 5.51. The van der Waals surface area contributed by atoms with E-state index in [0.29, 0.717) is 54.8 Å². The van der Waals surface area contributed by atoms with Gasteiger partial charge in [-0.1, -0.05) is 41.9 Å². The monoisotopic (exact) mass is 698 g/mol. The number of alkyl halides is 5. The first kappa shape index (κ1) is 36.3. The quantitative estimate of drug-likeness (QED) is 0.109. The Hall–Kier alpha value is -5.50. The summed E-state index contributed by atoms with van der Waals surface area (Å²) in [5, 5.41) is 0. The highest BCUT2D eigenvalue weighted by Crippen LogP contribution is 2.35. The first-order chi connectivity index (χ1) is 23.0. The Bertz CT molecular complexity index is 1970. The van der Waals surface area contributed by atoms with E-state index >= 15 is 0 Å². The van der Waals surface area contributed by atoms with E-state index in [1.165, 1.54) is 6.07 Å². The molecule has 0 aliphatic rings. The third-order valence-corrected chi connectivity index (χ3v) is 6.37. The molecule has 254 valence electrons. The summed E-state index contributed by atoms with van der Waals surface area (Å²) < 4.78 is 175. The lowest BCUT2D eigenvalue weighted by Crippen LogP contribution is -2.23. The molecule has 0 saturated carbocycles. The minimum absolute atomic E-state index is 0.330. The van der Waals surface area contributed by atoms with Gasteiger partial charge in [-0.3, -0.25) is 0 Å². The minimum Gasteiger partial charge on any atom is -0.429 e. The highest BCUT2D eigenvalue weighted by atomic mass is 19.4. The highest BCUT2D eigenvalue weighted by Gasteiger charge is 2.38. The smallest absolute Gasteiger partial charge is 0.429 e. The summed E-state index contributed by atoms with van der Waals surface area (Å²) in [5.74, 6) is -5.52. The molecule has 0 aliphatic carbocycles. The van der Waals surface area contributed by atoms with Gasteiger partial charge in [0, 0.05) is 23.3 Å². The molecule has 0 saturated heterocycles. The fourth-order valence-electron chi connectivity index (χ4n) is 4.18. The average molecular weight is 699 g/mol. The molecule has 0 spiro atoms. The molecule has 0 amide bonds. The van der Waals surface area contributed by atoms with E-state index in [9.17, 15) is 52.7 Å². The van der Waals surface area contributed by atoms with Crippen LogP contribution in [0.4, 0.5) is 52.7 Å². The number of hydrogen-bond donors (Lipinski definition) is 0. The van der Waals surface area contributed by atoms with E-state index in [1.807, 2.05) is 17.8 Å². The van der Waals surface area contributed by atoms with Gasteiger partial charge in [0.05, 0.1) is 16.7 Å². The van der Waals surface area contributed by atoms with Gasteiger partial charge >= 0.3 is 12.5 Å². The second kappa shape index (κ2) is 14.7. The Morgan fingerprint density at radius 3 is 1.55 bits per heavy atom. The molecule has 4 rings (SSSR count). The summed E-state index contributed by atoms with van der Waals surface area (Å²) in [5.41, 5.74) is -3.81. The number of ether oxygens (including phenoxy) is 2. The van der Waals surface area contributed by atoms with Crippen molar-refractivity contribution in [3.8, 4) is 35.2 Å². The van der Waals surface area contributed by atoms with E-state index in [4.69, 9.17) is 0 Å². The van der Waals surface area contributed by atoms with Crippen LogP contribution >= 0.6 is 0 Å². The number of aryl methyl sites for hydroxylation is 1. The van der Waals surface area contributed by atoms with Crippen molar-refractivity contribution in [2.24, 2.45) is 0 Å². The lowest BCUT2D eigenvalue weighted by molar-refractivity contribution is -0.276. The van der Waals surface area contributed by atoms with Gasteiger partial charge in [0.25, 0.3) is 0 Å². The summed E-state index contributed by atoms with van der Waals surface area (Å²) in [4.78, 5) is 0. The maximum Gasteiger partial charge on any atom is 0.573 e. The van der Waals surface area contributed by atoms with Gasteiger partial charge in [0.2, 0.25) is 5.75 Å². The van der Waals surface area contributed by atoms with Gasteiger partial charge in [-0.15, -0.1) is 13.2 Å². The number of allylic oxidation sites excluding steroid dienone is 2. The fraction of sp³-hybridized carbons (Fsp3) is 0.143. The van der Waals surface area contributed by atoms with Crippen LogP contribution in [0.25, 0.3) is 0 Å². The van der Waals surface area contributed by atoms with Crippen molar-refractivity contribution in [3.63, 3.8) is 0 Å². The van der Waals surface area contributed by atoms with E-state index < -0.39 is 92.5 Å². The molecule has 4 aromatic rings. The molecular weight excluding hydrogens is 680 g/mol. The van der Waals surface area contributed by atoms with Crippen molar-refractivity contribution in [3.05, 3.63) is 141 Å². The molecule has 0 radical (unpaired) electrons. The zero-order valence-corrected chi connectivity index (χ0v) is 24.6. The molecule has 14 heteroatoms. The van der Waals surface area contributed by atoms with Crippen molar-refractivity contribution in [2.45, 2.75) is 32.2 Å². The van der Waals surface area contributed by atoms with Crippen LogP contribution in [0, 0.1) is 64.4 Å². The summed E-state index contributed by atoms with van der Waals surface area (Å²) in [7, 11) is 0. The van der Waals surface area contributed by atoms with E-state index in [2.05, 4.69) is 15.4 Å². The Kier molecular flexibility index (Phi) is 10.9. The number of benzene rings is 4. The largest absolute Gasteiger partial charge is 0.573 e. The maximum atomic E-state index is 14.7. The molecule has 0 fully saturated rings. The molecule has 0 unspecified atom stereocenters. The summed E-state index contributed by atoms with van der Waals surface area (Å²) >= 11 is 0. The zero-order chi connectivity index (χ0) is 36.1. The van der Waals surface area contributed by atoms with Crippen molar-refractivity contribution >= 4 is 0 Å². The Labute approximate surface area is 270 Å². The van der Waals surface area contributed by atoms with Gasteiger partial charge in [-0.2, -0.15) is 8.78 Å². The molecule has 0 N–H and O–H groups in total. The van der Waals surface area contributed by atoms with Crippen LogP contribution in [0.15, 0.2) is 66.7 Å². The normalized spacial score (nSPS) is 11.5. The molecule has 4 aromatic carbocycles.